The number of rotatable bonds is 9. The monoisotopic (exact) mass is 454 g/mol. The molecule has 1 saturated carbocycles. The average molecular weight is 455 g/mol. The first-order valence-electron chi connectivity index (χ1n) is 10.4. The van der Waals surface area contributed by atoms with E-state index in [-0.39, 0.29) is 18.4 Å². The molecule has 9 nitrogen and oxygen atoms in total. The molecule has 1 aromatic rings. The number of urea groups is 1. The van der Waals surface area contributed by atoms with Crippen LogP contribution >= 0.6 is 11.6 Å². The summed E-state index contributed by atoms with van der Waals surface area (Å²) in [6.45, 7) is 3.74. The van der Waals surface area contributed by atoms with Crippen molar-refractivity contribution in [1.82, 2.24) is 15.7 Å². The van der Waals surface area contributed by atoms with Crippen molar-refractivity contribution < 1.29 is 24.3 Å². The van der Waals surface area contributed by atoms with Crippen molar-refractivity contribution >= 4 is 35.1 Å². The molecule has 0 saturated heterocycles. The van der Waals surface area contributed by atoms with Gasteiger partial charge in [0.25, 0.3) is 5.91 Å². The van der Waals surface area contributed by atoms with Crippen LogP contribution in [0.3, 0.4) is 0 Å². The number of methoxy groups -OCH3 is 1. The van der Waals surface area contributed by atoms with Crippen LogP contribution in [0.2, 0.25) is 5.02 Å². The van der Waals surface area contributed by atoms with Crippen molar-refractivity contribution in [2.45, 2.75) is 45.6 Å². The van der Waals surface area contributed by atoms with Gasteiger partial charge < -0.3 is 20.3 Å². The second kappa shape index (κ2) is 11.8. The predicted molar refractivity (Wildman–Crippen MR) is 117 cm³/mol. The lowest BCUT2D eigenvalue weighted by molar-refractivity contribution is -0.141. The van der Waals surface area contributed by atoms with E-state index in [4.69, 9.17) is 21.5 Å². The molecule has 0 aliphatic heterocycles. The predicted octanol–water partition coefficient (Wildman–Crippen LogP) is 3.02. The zero-order valence-electron chi connectivity index (χ0n) is 18.1. The normalized spacial score (nSPS) is 14.8. The number of ether oxygens (including phenoxy) is 1. The van der Waals surface area contributed by atoms with Crippen LogP contribution in [0.1, 0.15) is 39.5 Å². The van der Waals surface area contributed by atoms with Gasteiger partial charge in [-0.1, -0.05) is 38.3 Å². The fourth-order valence-electron chi connectivity index (χ4n) is 3.73. The van der Waals surface area contributed by atoms with Crippen molar-refractivity contribution in [2.75, 3.05) is 25.5 Å². The first-order valence-corrected chi connectivity index (χ1v) is 10.8. The summed E-state index contributed by atoms with van der Waals surface area (Å²) in [6.07, 6.45) is 4.15. The Bertz CT molecular complexity index is 783. The Morgan fingerprint density at radius 3 is 2.52 bits per heavy atom. The molecular weight excluding hydrogens is 424 g/mol. The second-order valence-electron chi connectivity index (χ2n) is 8.07. The third-order valence-electron chi connectivity index (χ3n) is 5.35. The average Bonchev–Trinajstić information content (AvgIpc) is 3.24. The van der Waals surface area contributed by atoms with Crippen LogP contribution in [-0.2, 0) is 9.59 Å². The quantitative estimate of drug-likeness (QED) is 0.337. The van der Waals surface area contributed by atoms with Gasteiger partial charge >= 0.3 is 6.03 Å². The van der Waals surface area contributed by atoms with Gasteiger partial charge in [0, 0.05) is 11.6 Å². The van der Waals surface area contributed by atoms with Gasteiger partial charge in [0.1, 0.15) is 18.3 Å². The molecule has 1 aliphatic rings. The fraction of sp³-hybridized carbons (Fsp3) is 0.571. The minimum atomic E-state index is -0.863. The van der Waals surface area contributed by atoms with E-state index in [1.54, 1.807) is 23.7 Å². The molecule has 1 aliphatic carbocycles. The van der Waals surface area contributed by atoms with Crippen LogP contribution in [0.15, 0.2) is 18.2 Å². The van der Waals surface area contributed by atoms with Crippen molar-refractivity contribution in [1.29, 1.82) is 0 Å². The van der Waals surface area contributed by atoms with Gasteiger partial charge in [-0.05, 0) is 42.9 Å². The zero-order chi connectivity index (χ0) is 23.0. The van der Waals surface area contributed by atoms with E-state index >= 15 is 0 Å². The van der Waals surface area contributed by atoms with Gasteiger partial charge in [-0.2, -0.15) is 0 Å². The molecule has 1 fully saturated rings. The molecule has 0 unspecified atom stereocenters. The Morgan fingerprint density at radius 2 is 1.94 bits per heavy atom. The molecule has 1 aromatic carbocycles. The number of anilines is 1. The molecule has 0 spiro atoms. The zero-order valence-corrected chi connectivity index (χ0v) is 18.9. The summed E-state index contributed by atoms with van der Waals surface area (Å²) in [6, 6.07) is 3.35. The number of halogens is 1. The van der Waals surface area contributed by atoms with Gasteiger partial charge in [0.15, 0.2) is 0 Å². The minimum absolute atomic E-state index is 0.234. The van der Waals surface area contributed by atoms with Gasteiger partial charge in [-0.15, -0.1) is 0 Å². The van der Waals surface area contributed by atoms with Crippen LogP contribution in [0.25, 0.3) is 0 Å². The molecule has 31 heavy (non-hydrogen) atoms. The summed E-state index contributed by atoms with van der Waals surface area (Å²) in [4.78, 5) is 39.1. The van der Waals surface area contributed by atoms with Crippen molar-refractivity contribution in [3.05, 3.63) is 23.2 Å². The van der Waals surface area contributed by atoms with Crippen molar-refractivity contribution in [3.63, 3.8) is 0 Å². The van der Waals surface area contributed by atoms with Crippen LogP contribution in [0.5, 0.6) is 5.75 Å². The first-order chi connectivity index (χ1) is 14.7. The highest BCUT2D eigenvalue weighted by Crippen LogP contribution is 2.28. The SMILES string of the molecule is COc1ccc(Cl)cc1NC(=O)N[C@H](C(=O)N(CC(=O)NO)CC1CCCC1)C(C)C. The number of hydrogen-bond donors (Lipinski definition) is 4. The number of nitrogens with zero attached hydrogens (tertiary/aromatic N) is 1. The highest BCUT2D eigenvalue weighted by Gasteiger charge is 2.32. The minimum Gasteiger partial charge on any atom is -0.495 e. The van der Waals surface area contributed by atoms with Gasteiger partial charge in [-0.3, -0.25) is 14.8 Å². The molecule has 1 atom stereocenters. The molecule has 0 bridgehead atoms. The Balaban J connectivity index is 2.13. The van der Waals surface area contributed by atoms with E-state index < -0.39 is 18.0 Å². The largest absolute Gasteiger partial charge is 0.495 e. The molecule has 4 amide bonds. The lowest BCUT2D eigenvalue weighted by atomic mass is 10.0. The molecule has 172 valence electrons. The topological polar surface area (TPSA) is 120 Å². The van der Waals surface area contributed by atoms with E-state index in [1.807, 2.05) is 13.8 Å². The van der Waals surface area contributed by atoms with Crippen LogP contribution in [-0.4, -0.2) is 54.2 Å². The molecule has 4 N–H and O–H groups in total. The van der Waals surface area contributed by atoms with E-state index in [0.29, 0.717) is 28.9 Å². The number of benzene rings is 1. The summed E-state index contributed by atoms with van der Waals surface area (Å²) in [7, 11) is 1.47. The Morgan fingerprint density at radius 1 is 1.26 bits per heavy atom. The van der Waals surface area contributed by atoms with Crippen LogP contribution in [0.4, 0.5) is 10.5 Å². The van der Waals surface area contributed by atoms with E-state index in [2.05, 4.69) is 10.6 Å². The smallest absolute Gasteiger partial charge is 0.320 e. The molecular formula is C21H31ClN4O5. The van der Waals surface area contributed by atoms with Gasteiger partial charge in [0.2, 0.25) is 5.91 Å². The molecule has 10 heteroatoms. The van der Waals surface area contributed by atoms with Crippen LogP contribution in [0, 0.1) is 11.8 Å². The number of carbonyl (C=O) groups is 3. The van der Waals surface area contributed by atoms with E-state index in [9.17, 15) is 14.4 Å². The van der Waals surface area contributed by atoms with E-state index in [0.717, 1.165) is 25.7 Å². The lowest BCUT2D eigenvalue weighted by Gasteiger charge is -2.31. The van der Waals surface area contributed by atoms with Crippen molar-refractivity contribution in [3.8, 4) is 5.75 Å². The number of nitrogens with one attached hydrogen (secondary N) is 3. The summed E-state index contributed by atoms with van der Waals surface area (Å²) in [5.74, 6) is -0.564. The molecule has 0 radical (unpaired) electrons. The number of carbonyl (C=O) groups excluding carboxylic acids is 3. The third kappa shape index (κ3) is 7.29. The highest BCUT2D eigenvalue weighted by atomic mass is 35.5. The standard InChI is InChI=1S/C21H31ClN4O5/c1-13(2)19(24-21(29)23-16-10-15(22)8-9-17(16)31-3)20(28)26(12-18(27)25-30)11-14-6-4-5-7-14/h8-10,13-14,19,30H,4-7,11-12H2,1-3H3,(H,25,27)(H2,23,24,29)/t19-/m0/s1. The molecule has 2 rings (SSSR count). The molecule has 0 heterocycles. The van der Waals surface area contributed by atoms with Crippen molar-refractivity contribution in [2.24, 2.45) is 11.8 Å². The maximum Gasteiger partial charge on any atom is 0.320 e. The number of amides is 4. The maximum atomic E-state index is 13.3. The van der Waals surface area contributed by atoms with Gasteiger partial charge in [-0.25, -0.2) is 10.3 Å². The van der Waals surface area contributed by atoms with E-state index in [1.165, 1.54) is 12.0 Å². The third-order valence-corrected chi connectivity index (χ3v) is 5.59. The number of hydroxylamine groups is 1. The number of hydrogen-bond acceptors (Lipinski definition) is 5. The summed E-state index contributed by atoms with van der Waals surface area (Å²) in [5, 5.41) is 14.7. The molecule has 0 aromatic heterocycles. The lowest BCUT2D eigenvalue weighted by Crippen LogP contribution is -2.54. The first kappa shape index (κ1) is 24.7. The fourth-order valence-corrected chi connectivity index (χ4v) is 3.91. The summed E-state index contributed by atoms with van der Waals surface area (Å²) < 4.78 is 5.23. The maximum absolute atomic E-state index is 13.3. The van der Waals surface area contributed by atoms with Crippen LogP contribution < -0.4 is 20.9 Å². The Hall–Kier alpha value is -2.52. The summed E-state index contributed by atoms with van der Waals surface area (Å²) in [5.41, 5.74) is 1.94. The summed E-state index contributed by atoms with van der Waals surface area (Å²) >= 11 is 6.00. The Labute approximate surface area is 187 Å². The van der Waals surface area contributed by atoms with Gasteiger partial charge in [0.05, 0.1) is 12.8 Å². The highest BCUT2D eigenvalue weighted by molar-refractivity contribution is 6.31. The second-order valence-corrected chi connectivity index (χ2v) is 8.51. The Kier molecular flexibility index (Phi) is 9.39.